The first-order valence-electron chi connectivity index (χ1n) is 6.99. The van der Waals surface area contributed by atoms with E-state index in [0.29, 0.717) is 12.2 Å². The Balaban J connectivity index is 2.19. The third-order valence-corrected chi connectivity index (χ3v) is 3.08. The molecule has 124 valence electrons. The van der Waals surface area contributed by atoms with Crippen LogP contribution in [-0.2, 0) is 6.18 Å². The predicted octanol–water partition coefficient (Wildman–Crippen LogP) is 3.62. The second kappa shape index (κ2) is 6.72. The molecule has 1 aromatic carbocycles. The van der Waals surface area contributed by atoms with Gasteiger partial charge in [0.1, 0.15) is 11.9 Å². The van der Waals surface area contributed by atoms with Crippen LogP contribution in [0.3, 0.4) is 0 Å². The van der Waals surface area contributed by atoms with E-state index in [1.165, 1.54) is 18.3 Å². The molecule has 0 aliphatic heterocycles. The first-order chi connectivity index (χ1) is 10.8. The number of benzene rings is 1. The highest BCUT2D eigenvalue weighted by Gasteiger charge is 2.30. The van der Waals surface area contributed by atoms with Crippen LogP contribution >= 0.6 is 0 Å². The molecule has 0 aliphatic carbocycles. The zero-order chi connectivity index (χ0) is 17.0. The van der Waals surface area contributed by atoms with Crippen molar-refractivity contribution in [2.75, 3.05) is 6.54 Å². The molecule has 0 saturated carbocycles. The molecule has 2 rings (SSSR count). The fourth-order valence-corrected chi connectivity index (χ4v) is 2.03. The summed E-state index contributed by atoms with van der Waals surface area (Å²) in [4.78, 5) is 11.9. The maximum atomic E-state index is 12.7. The number of ether oxygens (including phenoxy) is 1. The number of nitrogens with zero attached hydrogens (tertiary/aromatic N) is 2. The summed E-state index contributed by atoms with van der Waals surface area (Å²) >= 11 is 0. The zero-order valence-corrected chi connectivity index (χ0v) is 12.6. The van der Waals surface area contributed by atoms with E-state index < -0.39 is 23.9 Å². The minimum absolute atomic E-state index is 0.0657. The van der Waals surface area contributed by atoms with E-state index >= 15 is 0 Å². The Bertz CT molecular complexity index is 683. The van der Waals surface area contributed by atoms with Crippen molar-refractivity contribution >= 4 is 6.03 Å². The minimum Gasteiger partial charge on any atom is -0.484 e. The maximum absolute atomic E-state index is 12.7. The molecule has 0 fully saturated rings. The van der Waals surface area contributed by atoms with Crippen LogP contribution in [0.2, 0.25) is 0 Å². The second-order valence-electron chi connectivity index (χ2n) is 4.79. The molecule has 1 heterocycles. The zero-order valence-electron chi connectivity index (χ0n) is 12.6. The van der Waals surface area contributed by atoms with Gasteiger partial charge in [-0.25, -0.2) is 4.79 Å². The molecule has 23 heavy (non-hydrogen) atoms. The quantitative estimate of drug-likeness (QED) is 0.933. The third-order valence-electron chi connectivity index (χ3n) is 3.08. The van der Waals surface area contributed by atoms with Gasteiger partial charge in [-0.2, -0.15) is 23.0 Å². The molecule has 1 amide bonds. The van der Waals surface area contributed by atoms with Gasteiger partial charge in [0.05, 0.1) is 11.3 Å². The predicted molar refractivity (Wildman–Crippen MR) is 77.2 cm³/mol. The van der Waals surface area contributed by atoms with Gasteiger partial charge in [-0.3, -0.25) is 0 Å². The first-order valence-corrected chi connectivity index (χ1v) is 6.99. The lowest BCUT2D eigenvalue weighted by atomic mass is 10.2. The van der Waals surface area contributed by atoms with Crippen LogP contribution in [0, 0.1) is 0 Å². The Hall–Kier alpha value is -2.51. The second-order valence-corrected chi connectivity index (χ2v) is 4.79. The molecular formula is C15H16F3N3O2. The summed E-state index contributed by atoms with van der Waals surface area (Å²) in [5.41, 5.74) is -0.354. The number of amides is 1. The Labute approximate surface area is 131 Å². The normalized spacial score (nSPS) is 12.7. The van der Waals surface area contributed by atoms with E-state index in [2.05, 4.69) is 10.4 Å². The van der Waals surface area contributed by atoms with Crippen LogP contribution < -0.4 is 10.1 Å². The van der Waals surface area contributed by atoms with Gasteiger partial charge in [0, 0.05) is 12.7 Å². The summed E-state index contributed by atoms with van der Waals surface area (Å²) in [5, 5.41) is 6.49. The Morgan fingerprint density at radius 2 is 2.13 bits per heavy atom. The van der Waals surface area contributed by atoms with Gasteiger partial charge >= 0.3 is 12.2 Å². The smallest absolute Gasteiger partial charge is 0.416 e. The van der Waals surface area contributed by atoms with Crippen molar-refractivity contribution in [3.8, 4) is 5.75 Å². The molecule has 0 bridgehead atoms. The number of hydrogen-bond acceptors (Lipinski definition) is 3. The molecule has 0 saturated heterocycles. The fourth-order valence-electron chi connectivity index (χ4n) is 2.03. The molecule has 5 nitrogen and oxygen atoms in total. The number of halogens is 3. The van der Waals surface area contributed by atoms with Crippen molar-refractivity contribution in [1.82, 2.24) is 15.1 Å². The van der Waals surface area contributed by atoms with Crippen LogP contribution in [-0.4, -0.2) is 22.4 Å². The number of rotatable bonds is 4. The molecule has 8 heteroatoms. The van der Waals surface area contributed by atoms with Crippen LogP contribution in [0.4, 0.5) is 18.0 Å². The average molecular weight is 327 g/mol. The standard InChI is InChI=1S/C15H16F3N3O2/c1-3-19-14(22)21-13(7-8-20-21)10(2)23-12-6-4-5-11(9-12)15(16,17)18/h4-10H,3H2,1-2H3,(H,19,22)/t10-/m0/s1. The van der Waals surface area contributed by atoms with Crippen molar-refractivity contribution in [3.63, 3.8) is 0 Å². The molecule has 1 aromatic heterocycles. The summed E-state index contributed by atoms with van der Waals surface area (Å²) in [6, 6.07) is 5.74. The number of carbonyl (C=O) groups is 1. The number of hydrogen-bond donors (Lipinski definition) is 1. The van der Waals surface area contributed by atoms with Crippen LogP contribution in [0.5, 0.6) is 5.75 Å². The summed E-state index contributed by atoms with van der Waals surface area (Å²) in [5.74, 6) is 0.0657. The fraction of sp³-hybridized carbons (Fsp3) is 0.333. The van der Waals surface area contributed by atoms with Crippen molar-refractivity contribution < 1.29 is 22.7 Å². The molecule has 0 spiro atoms. The summed E-state index contributed by atoms with van der Waals surface area (Å²) in [7, 11) is 0. The number of nitrogens with one attached hydrogen (secondary N) is 1. The van der Waals surface area contributed by atoms with Crippen molar-refractivity contribution in [2.24, 2.45) is 0 Å². The highest BCUT2D eigenvalue weighted by molar-refractivity contribution is 5.76. The topological polar surface area (TPSA) is 56.2 Å². The molecule has 0 radical (unpaired) electrons. The van der Waals surface area contributed by atoms with Gasteiger partial charge in [0.25, 0.3) is 0 Å². The van der Waals surface area contributed by atoms with Crippen LogP contribution in [0.15, 0.2) is 36.5 Å². The highest BCUT2D eigenvalue weighted by atomic mass is 19.4. The lowest BCUT2D eigenvalue weighted by Gasteiger charge is -2.17. The van der Waals surface area contributed by atoms with Crippen molar-refractivity contribution in [1.29, 1.82) is 0 Å². The van der Waals surface area contributed by atoms with E-state index in [1.54, 1.807) is 19.9 Å². The highest BCUT2D eigenvalue weighted by Crippen LogP contribution is 2.32. The van der Waals surface area contributed by atoms with Crippen LogP contribution in [0.1, 0.15) is 31.2 Å². The molecule has 0 aliphatic rings. The van der Waals surface area contributed by atoms with Gasteiger partial charge in [0.2, 0.25) is 0 Å². The van der Waals surface area contributed by atoms with Gasteiger partial charge in [0.15, 0.2) is 0 Å². The lowest BCUT2D eigenvalue weighted by Crippen LogP contribution is -2.31. The summed E-state index contributed by atoms with van der Waals surface area (Å²) in [6.07, 6.45) is -3.66. The van der Waals surface area contributed by atoms with E-state index in [0.717, 1.165) is 16.8 Å². The molecule has 0 unspecified atom stereocenters. The molecule has 1 N–H and O–H groups in total. The third kappa shape index (κ3) is 4.02. The van der Waals surface area contributed by atoms with E-state index in [4.69, 9.17) is 4.74 Å². The van der Waals surface area contributed by atoms with Crippen molar-refractivity contribution in [2.45, 2.75) is 26.1 Å². The maximum Gasteiger partial charge on any atom is 0.416 e. The number of alkyl halides is 3. The van der Waals surface area contributed by atoms with E-state index in [1.807, 2.05) is 0 Å². The first kappa shape index (κ1) is 16.9. The van der Waals surface area contributed by atoms with E-state index in [-0.39, 0.29) is 5.75 Å². The Kier molecular flexibility index (Phi) is 4.92. The molecular weight excluding hydrogens is 311 g/mol. The molecule has 2 aromatic rings. The Morgan fingerprint density at radius 1 is 1.39 bits per heavy atom. The number of aromatic nitrogens is 2. The largest absolute Gasteiger partial charge is 0.484 e. The van der Waals surface area contributed by atoms with E-state index in [9.17, 15) is 18.0 Å². The SMILES string of the molecule is CCNC(=O)n1nccc1[C@H](C)Oc1cccc(C(F)(F)F)c1. The number of carbonyl (C=O) groups excluding carboxylic acids is 1. The van der Waals surface area contributed by atoms with Gasteiger partial charge in [-0.1, -0.05) is 6.07 Å². The van der Waals surface area contributed by atoms with Gasteiger partial charge in [-0.15, -0.1) is 0 Å². The minimum atomic E-state index is -4.44. The van der Waals surface area contributed by atoms with Gasteiger partial charge in [-0.05, 0) is 38.1 Å². The lowest BCUT2D eigenvalue weighted by molar-refractivity contribution is -0.137. The summed E-state index contributed by atoms with van der Waals surface area (Å²) in [6.45, 7) is 3.83. The Morgan fingerprint density at radius 3 is 2.78 bits per heavy atom. The molecule has 1 atom stereocenters. The van der Waals surface area contributed by atoms with Crippen molar-refractivity contribution in [3.05, 3.63) is 47.8 Å². The summed E-state index contributed by atoms with van der Waals surface area (Å²) < 4.78 is 44.8. The van der Waals surface area contributed by atoms with Gasteiger partial charge < -0.3 is 10.1 Å². The van der Waals surface area contributed by atoms with Crippen LogP contribution in [0.25, 0.3) is 0 Å². The monoisotopic (exact) mass is 327 g/mol. The average Bonchev–Trinajstić information content (AvgIpc) is 2.96.